The van der Waals surface area contributed by atoms with E-state index < -0.39 is 0 Å². The van der Waals surface area contributed by atoms with Crippen LogP contribution in [0.15, 0.2) is 46.0 Å². The first-order valence-corrected chi connectivity index (χ1v) is 11.6. The first-order valence-electron chi connectivity index (χ1n) is 11.6. The number of aromatic amines is 1. The first kappa shape index (κ1) is 21.5. The van der Waals surface area contributed by atoms with Crippen LogP contribution in [0.25, 0.3) is 10.9 Å². The van der Waals surface area contributed by atoms with E-state index in [0.717, 1.165) is 62.4 Å². The first-order chi connectivity index (χ1) is 15.9. The predicted octanol–water partition coefficient (Wildman–Crippen LogP) is 1.66. The summed E-state index contributed by atoms with van der Waals surface area (Å²) in [5.74, 6) is 0.109. The molecule has 8 nitrogen and oxygen atoms in total. The molecule has 0 bridgehead atoms. The Morgan fingerprint density at radius 1 is 0.939 bits per heavy atom. The molecule has 0 spiro atoms. The summed E-state index contributed by atoms with van der Waals surface area (Å²) in [6.07, 6.45) is 0.902. The summed E-state index contributed by atoms with van der Waals surface area (Å²) in [7, 11) is 1.85. The number of anilines is 1. The van der Waals surface area contributed by atoms with Crippen molar-refractivity contribution in [3.8, 4) is 0 Å². The van der Waals surface area contributed by atoms with Gasteiger partial charge in [-0.1, -0.05) is 6.07 Å². The Morgan fingerprint density at radius 2 is 1.73 bits per heavy atom. The highest BCUT2D eigenvalue weighted by molar-refractivity contribution is 5.97. The second-order valence-corrected chi connectivity index (χ2v) is 8.94. The highest BCUT2D eigenvalue weighted by atomic mass is 16.2. The molecular weight excluding hydrogens is 418 g/mol. The Kier molecular flexibility index (Phi) is 5.54. The lowest BCUT2D eigenvalue weighted by Gasteiger charge is -2.36. The van der Waals surface area contributed by atoms with Gasteiger partial charge in [-0.3, -0.25) is 19.1 Å². The zero-order chi connectivity index (χ0) is 23.1. The molecule has 2 aromatic carbocycles. The summed E-state index contributed by atoms with van der Waals surface area (Å²) < 4.78 is 1.22. The van der Waals surface area contributed by atoms with Crippen molar-refractivity contribution in [3.63, 3.8) is 0 Å². The predicted molar refractivity (Wildman–Crippen MR) is 129 cm³/mol. The van der Waals surface area contributed by atoms with E-state index in [0.29, 0.717) is 17.4 Å². The number of H-pyrrole nitrogens is 1. The number of benzene rings is 2. The number of amides is 1. The number of nitrogens with one attached hydrogen (secondary N) is 1. The molecule has 0 saturated carbocycles. The van der Waals surface area contributed by atoms with Gasteiger partial charge in [0.05, 0.1) is 10.9 Å². The molecule has 33 heavy (non-hydrogen) atoms. The average Bonchev–Trinajstić information content (AvgIpc) is 2.82. The topological polar surface area (TPSA) is 81.7 Å². The number of fused-ring (bicyclic) bond motifs is 2. The van der Waals surface area contributed by atoms with Gasteiger partial charge in [0.1, 0.15) is 0 Å². The molecule has 0 radical (unpaired) electrons. The number of nitrogens with zero attached hydrogens (tertiary/aromatic N) is 4. The number of hydrogen-bond acceptors (Lipinski definition) is 5. The highest BCUT2D eigenvalue weighted by Gasteiger charge is 2.23. The second kappa shape index (κ2) is 8.51. The third-order valence-electron chi connectivity index (χ3n) is 6.89. The van der Waals surface area contributed by atoms with Crippen molar-refractivity contribution in [1.82, 2.24) is 19.4 Å². The van der Waals surface area contributed by atoms with E-state index in [2.05, 4.69) is 26.9 Å². The number of piperazine rings is 1. The summed E-state index contributed by atoms with van der Waals surface area (Å²) in [6.45, 7) is 7.36. The molecule has 3 heterocycles. The van der Waals surface area contributed by atoms with Crippen LogP contribution in [-0.4, -0.2) is 65.0 Å². The fraction of sp³-hybridized carbons (Fsp3) is 0.400. The number of hydrogen-bond donors (Lipinski definition) is 1. The summed E-state index contributed by atoms with van der Waals surface area (Å²) in [5, 5.41) is 0.544. The number of carbonyl (C=O) groups is 1. The molecular formula is C25H29N5O3. The Hall–Kier alpha value is -3.39. The number of carbonyl (C=O) groups excluding carboxylic acids is 1. The van der Waals surface area contributed by atoms with E-state index in [9.17, 15) is 14.4 Å². The van der Waals surface area contributed by atoms with Gasteiger partial charge in [0.25, 0.3) is 11.5 Å². The van der Waals surface area contributed by atoms with E-state index >= 15 is 0 Å². The monoisotopic (exact) mass is 447 g/mol. The third kappa shape index (κ3) is 3.95. The minimum Gasteiger partial charge on any atom is -0.369 e. The Balaban J connectivity index is 1.26. The zero-order valence-corrected chi connectivity index (χ0v) is 19.1. The maximum atomic E-state index is 12.5. The summed E-state index contributed by atoms with van der Waals surface area (Å²) >= 11 is 0. The van der Waals surface area contributed by atoms with Gasteiger partial charge in [0, 0.05) is 64.1 Å². The van der Waals surface area contributed by atoms with Crippen LogP contribution in [0.5, 0.6) is 0 Å². The summed E-state index contributed by atoms with van der Waals surface area (Å²) in [5.41, 5.74) is 4.23. The second-order valence-electron chi connectivity index (χ2n) is 8.94. The van der Waals surface area contributed by atoms with Gasteiger partial charge >= 0.3 is 5.69 Å². The van der Waals surface area contributed by atoms with Crippen molar-refractivity contribution >= 4 is 22.5 Å². The van der Waals surface area contributed by atoms with Gasteiger partial charge in [-0.15, -0.1) is 0 Å². The number of rotatable bonds is 4. The zero-order valence-electron chi connectivity index (χ0n) is 19.1. The van der Waals surface area contributed by atoms with Crippen LogP contribution in [0, 0.1) is 0 Å². The van der Waals surface area contributed by atoms with Gasteiger partial charge in [-0.25, -0.2) is 4.79 Å². The molecule has 3 aromatic rings. The van der Waals surface area contributed by atoms with E-state index in [1.165, 1.54) is 10.3 Å². The minimum atomic E-state index is -0.362. The normalized spacial score (nSPS) is 17.0. The van der Waals surface area contributed by atoms with Gasteiger partial charge in [-0.2, -0.15) is 0 Å². The van der Waals surface area contributed by atoms with Crippen LogP contribution in [0.3, 0.4) is 0 Å². The molecule has 5 rings (SSSR count). The van der Waals surface area contributed by atoms with Crippen LogP contribution in [0.2, 0.25) is 0 Å². The largest absolute Gasteiger partial charge is 0.369 e. The van der Waals surface area contributed by atoms with Crippen molar-refractivity contribution in [2.24, 2.45) is 0 Å². The molecule has 8 heteroatoms. The minimum absolute atomic E-state index is 0.109. The third-order valence-corrected chi connectivity index (χ3v) is 6.89. The van der Waals surface area contributed by atoms with Gasteiger partial charge in [0.15, 0.2) is 0 Å². The van der Waals surface area contributed by atoms with Crippen molar-refractivity contribution in [3.05, 3.63) is 73.9 Å². The Labute approximate surface area is 192 Å². The summed E-state index contributed by atoms with van der Waals surface area (Å²) in [4.78, 5) is 46.4. The van der Waals surface area contributed by atoms with Gasteiger partial charge in [-0.05, 0) is 54.8 Å². The smallest absolute Gasteiger partial charge is 0.328 e. The van der Waals surface area contributed by atoms with E-state index in [4.69, 9.17) is 0 Å². The van der Waals surface area contributed by atoms with Crippen molar-refractivity contribution in [2.75, 3.05) is 44.7 Å². The molecule has 1 amide bonds. The van der Waals surface area contributed by atoms with Crippen LogP contribution >= 0.6 is 0 Å². The molecule has 172 valence electrons. The SMILES string of the molecule is CCn1c(=O)[nH]c2cc(CN3CCN(c4ccc5c(c4)CCN(C)C5=O)CC3)ccc2c1=O. The number of aromatic nitrogens is 2. The van der Waals surface area contributed by atoms with Gasteiger partial charge in [0.2, 0.25) is 0 Å². The lowest BCUT2D eigenvalue weighted by Crippen LogP contribution is -2.46. The maximum Gasteiger partial charge on any atom is 0.328 e. The van der Waals surface area contributed by atoms with Gasteiger partial charge < -0.3 is 14.8 Å². The van der Waals surface area contributed by atoms with Crippen LogP contribution in [-0.2, 0) is 19.5 Å². The maximum absolute atomic E-state index is 12.5. The van der Waals surface area contributed by atoms with E-state index in [1.54, 1.807) is 11.8 Å². The molecule has 0 atom stereocenters. The van der Waals surface area contributed by atoms with Crippen molar-refractivity contribution in [2.45, 2.75) is 26.4 Å². The molecule has 0 unspecified atom stereocenters. The van der Waals surface area contributed by atoms with Crippen LogP contribution in [0.4, 0.5) is 5.69 Å². The van der Waals surface area contributed by atoms with Crippen molar-refractivity contribution < 1.29 is 4.79 Å². The summed E-state index contributed by atoms with van der Waals surface area (Å²) in [6, 6.07) is 11.9. The van der Waals surface area contributed by atoms with Crippen LogP contribution < -0.4 is 16.1 Å². The lowest BCUT2D eigenvalue weighted by molar-refractivity contribution is 0.0781. The molecule has 1 saturated heterocycles. The molecule has 1 aromatic heterocycles. The van der Waals surface area contributed by atoms with E-state index in [1.807, 2.05) is 31.3 Å². The highest BCUT2D eigenvalue weighted by Crippen LogP contribution is 2.25. The molecule has 1 fully saturated rings. The Bertz CT molecular complexity index is 1330. The molecule has 2 aliphatic heterocycles. The van der Waals surface area contributed by atoms with Crippen molar-refractivity contribution in [1.29, 1.82) is 0 Å². The average molecular weight is 448 g/mol. The van der Waals surface area contributed by atoms with Crippen LogP contribution in [0.1, 0.15) is 28.4 Å². The fourth-order valence-electron chi connectivity index (χ4n) is 4.90. The fourth-order valence-corrected chi connectivity index (χ4v) is 4.90. The number of likely N-dealkylation sites (N-methyl/N-ethyl adjacent to an activating group) is 1. The molecule has 0 aliphatic carbocycles. The lowest BCUT2D eigenvalue weighted by atomic mass is 9.98. The quantitative estimate of drug-likeness (QED) is 0.658. The molecule has 1 N–H and O–H groups in total. The molecule has 2 aliphatic rings. The Morgan fingerprint density at radius 3 is 2.48 bits per heavy atom. The van der Waals surface area contributed by atoms with E-state index in [-0.39, 0.29) is 17.2 Å². The standard InChI is InChI=1S/C25H29N5O3/c1-3-30-24(32)21-6-4-17(14-22(21)26-25(30)33)16-28-10-12-29(13-11-28)19-5-7-20-18(15-19)8-9-27(2)23(20)31/h4-7,14-15H,3,8-13,16H2,1-2H3,(H,26,33).